The molecule has 0 aliphatic heterocycles. The van der Waals surface area contributed by atoms with E-state index in [0.29, 0.717) is 0 Å². The van der Waals surface area contributed by atoms with Gasteiger partial charge in [-0.3, -0.25) is 0 Å². The lowest BCUT2D eigenvalue weighted by atomic mass is 10.2. The van der Waals surface area contributed by atoms with Gasteiger partial charge in [-0.05, 0) is 36.4 Å². The first-order valence-electron chi connectivity index (χ1n) is 8.19. The molecule has 0 amide bonds. The number of benzene rings is 2. The standard InChI is InChI=1S/C19H21N3O3S2.BrH/c1-21(2)27(23,24)17-7-5-6-14(12-17)18-13-26-19(22(18)3)20-15-8-10-16(25-4)11-9-15;/h5-13H,1-4H3;1H/b20-19+;. The van der Waals surface area contributed by atoms with Crippen molar-refractivity contribution in [2.24, 2.45) is 12.0 Å². The van der Waals surface area contributed by atoms with Crippen LogP contribution in [0.1, 0.15) is 0 Å². The van der Waals surface area contributed by atoms with Crippen LogP contribution in [-0.2, 0) is 17.1 Å². The molecule has 28 heavy (non-hydrogen) atoms. The molecule has 6 nitrogen and oxygen atoms in total. The van der Waals surface area contributed by atoms with Crippen LogP contribution < -0.4 is 9.54 Å². The van der Waals surface area contributed by atoms with Crippen molar-refractivity contribution >= 4 is 44.0 Å². The molecule has 1 heterocycles. The maximum Gasteiger partial charge on any atom is 0.242 e. The van der Waals surface area contributed by atoms with Gasteiger partial charge in [-0.1, -0.05) is 12.1 Å². The summed E-state index contributed by atoms with van der Waals surface area (Å²) in [4.78, 5) is 5.75. The van der Waals surface area contributed by atoms with E-state index in [9.17, 15) is 8.42 Å². The maximum atomic E-state index is 12.4. The number of rotatable bonds is 5. The molecule has 0 spiro atoms. The number of aromatic nitrogens is 1. The number of sulfonamides is 1. The number of thiazole rings is 1. The lowest BCUT2D eigenvalue weighted by Crippen LogP contribution is -2.22. The second-order valence-corrected chi connectivity index (χ2v) is 9.08. The van der Waals surface area contributed by atoms with Crippen LogP contribution in [0, 0.1) is 0 Å². The maximum absolute atomic E-state index is 12.4. The van der Waals surface area contributed by atoms with Crippen molar-refractivity contribution in [2.75, 3.05) is 21.2 Å². The van der Waals surface area contributed by atoms with Gasteiger partial charge in [-0.15, -0.1) is 28.3 Å². The van der Waals surface area contributed by atoms with E-state index in [1.807, 2.05) is 47.3 Å². The van der Waals surface area contributed by atoms with Crippen molar-refractivity contribution in [2.45, 2.75) is 4.90 Å². The van der Waals surface area contributed by atoms with Crippen molar-refractivity contribution in [1.82, 2.24) is 8.87 Å². The summed E-state index contributed by atoms with van der Waals surface area (Å²) in [5.74, 6) is 0.782. The summed E-state index contributed by atoms with van der Waals surface area (Å²) < 4.78 is 33.1. The summed E-state index contributed by atoms with van der Waals surface area (Å²) in [6.07, 6.45) is 0. The molecule has 0 fully saturated rings. The van der Waals surface area contributed by atoms with E-state index in [0.717, 1.165) is 27.5 Å². The van der Waals surface area contributed by atoms with Crippen LogP contribution in [0.5, 0.6) is 5.75 Å². The molecule has 0 saturated heterocycles. The lowest BCUT2D eigenvalue weighted by Gasteiger charge is -2.12. The summed E-state index contributed by atoms with van der Waals surface area (Å²) in [6.45, 7) is 0. The summed E-state index contributed by atoms with van der Waals surface area (Å²) in [5, 5.41) is 1.98. The minimum Gasteiger partial charge on any atom is -0.497 e. The fourth-order valence-corrected chi connectivity index (χ4v) is 4.40. The van der Waals surface area contributed by atoms with Crippen molar-refractivity contribution in [3.05, 3.63) is 58.7 Å². The predicted octanol–water partition coefficient (Wildman–Crippen LogP) is 3.82. The lowest BCUT2D eigenvalue weighted by molar-refractivity contribution is 0.415. The van der Waals surface area contributed by atoms with Crippen LogP contribution in [0.25, 0.3) is 11.3 Å². The molecule has 9 heteroatoms. The van der Waals surface area contributed by atoms with E-state index in [4.69, 9.17) is 4.74 Å². The molecular weight excluding hydrogens is 462 g/mol. The monoisotopic (exact) mass is 483 g/mol. The minimum atomic E-state index is -3.48. The van der Waals surface area contributed by atoms with Crippen LogP contribution in [0.15, 0.2) is 63.8 Å². The van der Waals surface area contributed by atoms with Gasteiger partial charge in [-0.25, -0.2) is 17.7 Å². The Hall–Kier alpha value is -1.94. The Morgan fingerprint density at radius 2 is 1.79 bits per heavy atom. The molecule has 0 saturated carbocycles. The third-order valence-electron chi connectivity index (χ3n) is 4.13. The summed E-state index contributed by atoms with van der Waals surface area (Å²) >= 11 is 1.50. The smallest absolute Gasteiger partial charge is 0.242 e. The Labute approximate surface area is 179 Å². The number of hydrogen-bond donors (Lipinski definition) is 0. The van der Waals surface area contributed by atoms with Crippen LogP contribution >= 0.6 is 28.3 Å². The number of methoxy groups -OCH3 is 1. The first-order valence-corrected chi connectivity index (χ1v) is 10.5. The summed E-state index contributed by atoms with van der Waals surface area (Å²) in [5.41, 5.74) is 2.56. The van der Waals surface area contributed by atoms with Crippen LogP contribution in [0.4, 0.5) is 5.69 Å². The highest BCUT2D eigenvalue weighted by atomic mass is 79.9. The first-order chi connectivity index (χ1) is 12.8. The largest absolute Gasteiger partial charge is 0.497 e. The zero-order chi connectivity index (χ0) is 19.6. The number of nitrogens with zero attached hydrogens (tertiary/aromatic N) is 3. The fraction of sp³-hybridized carbons (Fsp3) is 0.211. The molecule has 1 aromatic heterocycles. The van der Waals surface area contributed by atoms with Gasteiger partial charge in [-0.2, -0.15) is 0 Å². The van der Waals surface area contributed by atoms with Gasteiger partial charge in [0.1, 0.15) is 5.75 Å². The third-order valence-corrected chi connectivity index (χ3v) is 6.86. The number of halogens is 1. The zero-order valence-electron chi connectivity index (χ0n) is 16.0. The number of ether oxygens (including phenoxy) is 1. The van der Waals surface area contributed by atoms with Crippen molar-refractivity contribution in [3.8, 4) is 17.0 Å². The first kappa shape index (κ1) is 22.4. The molecule has 150 valence electrons. The van der Waals surface area contributed by atoms with E-state index in [1.165, 1.54) is 29.7 Å². The molecular formula is C19H22BrN3O3S2. The predicted molar refractivity (Wildman–Crippen MR) is 118 cm³/mol. The van der Waals surface area contributed by atoms with E-state index < -0.39 is 10.0 Å². The second kappa shape index (κ2) is 9.04. The average Bonchev–Trinajstić information content (AvgIpc) is 3.03. The highest BCUT2D eigenvalue weighted by Gasteiger charge is 2.18. The van der Waals surface area contributed by atoms with Gasteiger partial charge in [0.2, 0.25) is 10.0 Å². The fourth-order valence-electron chi connectivity index (χ4n) is 2.53. The molecule has 0 N–H and O–H groups in total. The SMILES string of the molecule is Br.COc1ccc(/N=c2/scc(-c3cccc(S(=O)(=O)N(C)C)c3)n2C)cc1. The quantitative estimate of drug-likeness (QED) is 0.553. The van der Waals surface area contributed by atoms with Crippen molar-refractivity contribution in [3.63, 3.8) is 0 Å². The van der Waals surface area contributed by atoms with Gasteiger partial charge in [0.15, 0.2) is 4.80 Å². The van der Waals surface area contributed by atoms with Gasteiger partial charge >= 0.3 is 0 Å². The van der Waals surface area contributed by atoms with Gasteiger partial charge in [0, 0.05) is 32.1 Å². The van der Waals surface area contributed by atoms with E-state index in [2.05, 4.69) is 4.99 Å². The Kier molecular flexibility index (Phi) is 7.22. The van der Waals surface area contributed by atoms with Gasteiger partial charge in [0.25, 0.3) is 0 Å². The van der Waals surface area contributed by atoms with E-state index in [-0.39, 0.29) is 21.9 Å². The molecule has 0 bridgehead atoms. The van der Waals surface area contributed by atoms with Crippen molar-refractivity contribution in [1.29, 1.82) is 0 Å². The van der Waals surface area contributed by atoms with Crippen molar-refractivity contribution < 1.29 is 13.2 Å². The zero-order valence-corrected chi connectivity index (χ0v) is 19.3. The number of hydrogen-bond acceptors (Lipinski definition) is 5. The van der Waals surface area contributed by atoms with Crippen LogP contribution in [0.2, 0.25) is 0 Å². The molecule has 3 rings (SSSR count). The molecule has 0 atom stereocenters. The molecule has 0 aliphatic rings. The van der Waals surface area contributed by atoms with Crippen LogP contribution in [-0.4, -0.2) is 38.5 Å². The van der Waals surface area contributed by atoms with Gasteiger partial charge < -0.3 is 9.30 Å². The molecule has 0 aliphatic carbocycles. The molecule has 0 radical (unpaired) electrons. The highest BCUT2D eigenvalue weighted by Crippen LogP contribution is 2.24. The van der Waals surface area contributed by atoms with Crippen LogP contribution in [0.3, 0.4) is 0 Å². The Morgan fingerprint density at radius 1 is 1.11 bits per heavy atom. The second-order valence-electron chi connectivity index (χ2n) is 6.09. The summed E-state index contributed by atoms with van der Waals surface area (Å²) in [7, 11) is 3.12. The topological polar surface area (TPSA) is 63.9 Å². The molecule has 3 aromatic rings. The molecule has 0 unspecified atom stereocenters. The third kappa shape index (κ3) is 4.54. The van der Waals surface area contributed by atoms with E-state index in [1.54, 1.807) is 25.3 Å². The Bertz CT molecular complexity index is 1120. The Balaban J connectivity index is 0.00000280. The molecule has 2 aromatic carbocycles. The summed E-state index contributed by atoms with van der Waals surface area (Å²) in [6, 6.07) is 14.5. The van der Waals surface area contributed by atoms with Gasteiger partial charge in [0.05, 0.1) is 23.4 Å². The highest BCUT2D eigenvalue weighted by molar-refractivity contribution is 8.93. The average molecular weight is 484 g/mol. The minimum absolute atomic E-state index is 0. The normalized spacial score (nSPS) is 12.1. The Morgan fingerprint density at radius 3 is 2.39 bits per heavy atom. The van der Waals surface area contributed by atoms with E-state index >= 15 is 0 Å².